The molecule has 0 unspecified atom stereocenters. The van der Waals surface area contributed by atoms with Gasteiger partial charge in [0, 0.05) is 36.5 Å². The van der Waals surface area contributed by atoms with Crippen molar-refractivity contribution < 1.29 is 51.3 Å². The first-order chi connectivity index (χ1) is 31.8. The molecule has 2 heterocycles. The highest BCUT2D eigenvalue weighted by Gasteiger charge is 2.30. The van der Waals surface area contributed by atoms with Crippen molar-refractivity contribution in [1.29, 1.82) is 0 Å². The number of allylic oxidation sites excluding steroid dienone is 3. The van der Waals surface area contributed by atoms with Gasteiger partial charge in [0.05, 0.1) is 84.1 Å². The molecule has 4 aromatic rings. The molecule has 1 aromatic heterocycles. The molecule has 65 heavy (non-hydrogen) atoms. The van der Waals surface area contributed by atoms with Gasteiger partial charge in [-0.1, -0.05) is 64.5 Å². The number of rotatable bonds is 31. The van der Waals surface area contributed by atoms with Crippen LogP contribution in [0.1, 0.15) is 47.0 Å². The standard InChI is InChI=1S/C50H60BBrF2N2O9/c1-38-36-43(14-6-40-8-16-45(17-9-40)64-34-32-61-30-28-59-26-24-57-3)55-49(38)48(42-12-20-47(21-13-42)63-23-5-22-52)50-39(2)37-44(56(50)51(53)54)15-7-41-10-18-46(19-11-41)65-35-33-62-31-29-60-27-25-58-4/h6-21,36-37H,5,22-35H2,1-4H3/b14-6+,15-7+,49-48-. The van der Waals surface area contributed by atoms with Crippen LogP contribution in [0.3, 0.4) is 0 Å². The minimum atomic E-state index is -2.84. The molecule has 0 aliphatic carbocycles. The van der Waals surface area contributed by atoms with Gasteiger partial charge in [0.15, 0.2) is 0 Å². The normalized spacial score (nSPS) is 13.5. The smallest absolute Gasteiger partial charge is 0.494 e. The van der Waals surface area contributed by atoms with Gasteiger partial charge < -0.3 is 47.1 Å². The summed E-state index contributed by atoms with van der Waals surface area (Å²) in [5, 5.41) is 0.828. The first-order valence-corrected chi connectivity index (χ1v) is 22.8. The SMILES string of the molecule is COCCOCCOCCOc1ccc(/C=C/C2=NC(=C(/c3ccc(OCCCBr)cc3)c3c(C)cc(/C=C/c4ccc(OCCOCCOCCOC)cc4)n3B(F)F)/C(C)=C2)cc1. The Labute approximate surface area is 391 Å². The van der Waals surface area contributed by atoms with Crippen LogP contribution in [0, 0.1) is 6.92 Å². The molecular formula is C50H60BBrF2N2O9. The van der Waals surface area contributed by atoms with E-state index in [9.17, 15) is 0 Å². The number of aromatic nitrogens is 1. The summed E-state index contributed by atoms with van der Waals surface area (Å²) in [5.41, 5.74) is 6.70. The Hall–Kier alpha value is -4.87. The predicted molar refractivity (Wildman–Crippen MR) is 259 cm³/mol. The second-order valence-corrected chi connectivity index (χ2v) is 15.5. The van der Waals surface area contributed by atoms with Crippen LogP contribution in [0.4, 0.5) is 8.63 Å². The number of benzene rings is 3. The average Bonchev–Trinajstić information content (AvgIpc) is 3.85. The fourth-order valence-electron chi connectivity index (χ4n) is 6.64. The lowest BCUT2D eigenvalue weighted by molar-refractivity contribution is 0.0180. The summed E-state index contributed by atoms with van der Waals surface area (Å²) in [5.74, 6) is 2.11. The Morgan fingerprint density at radius 1 is 0.600 bits per heavy atom. The first kappa shape index (κ1) is 51.1. The van der Waals surface area contributed by atoms with Crippen molar-refractivity contribution in [1.82, 2.24) is 4.48 Å². The Balaban J connectivity index is 1.32. The van der Waals surface area contributed by atoms with Gasteiger partial charge >= 0.3 is 7.40 Å². The van der Waals surface area contributed by atoms with E-state index >= 15 is 8.63 Å². The molecule has 3 aromatic carbocycles. The molecule has 0 spiro atoms. The van der Waals surface area contributed by atoms with Crippen LogP contribution in [0.15, 0.2) is 107 Å². The van der Waals surface area contributed by atoms with Crippen molar-refractivity contribution in [2.24, 2.45) is 4.99 Å². The maximum atomic E-state index is 15.4. The Kier molecular flexibility index (Phi) is 22.7. The lowest BCUT2D eigenvalue weighted by atomic mass is 9.94. The number of alkyl halides is 1. The molecule has 5 rings (SSSR count). The largest absolute Gasteiger partial charge is 0.678 e. The maximum Gasteiger partial charge on any atom is 0.678 e. The fourth-order valence-corrected chi connectivity index (χ4v) is 6.87. The number of hydrogen-bond donors (Lipinski definition) is 0. The zero-order chi connectivity index (χ0) is 46.1. The molecule has 348 valence electrons. The molecule has 1 aliphatic rings. The molecule has 0 fully saturated rings. The van der Waals surface area contributed by atoms with Gasteiger partial charge in [-0.2, -0.15) is 0 Å². The van der Waals surface area contributed by atoms with Crippen molar-refractivity contribution in [2.75, 3.05) is 105 Å². The molecule has 0 amide bonds. The van der Waals surface area contributed by atoms with Gasteiger partial charge in [0.1, 0.15) is 30.5 Å². The van der Waals surface area contributed by atoms with E-state index in [-0.39, 0.29) is 0 Å². The van der Waals surface area contributed by atoms with Gasteiger partial charge in [-0.05, 0) is 109 Å². The minimum absolute atomic E-state index is 0.357. The molecule has 0 radical (unpaired) electrons. The average molecular weight is 962 g/mol. The number of hydrogen-bond acceptors (Lipinski definition) is 10. The Morgan fingerprint density at radius 3 is 1.55 bits per heavy atom. The molecule has 0 bridgehead atoms. The summed E-state index contributed by atoms with van der Waals surface area (Å²) in [6, 6.07) is 24.5. The lowest BCUT2D eigenvalue weighted by Gasteiger charge is -2.17. The van der Waals surface area contributed by atoms with Crippen LogP contribution in [0.5, 0.6) is 17.2 Å². The Morgan fingerprint density at radius 2 is 1.06 bits per heavy atom. The summed E-state index contributed by atoms with van der Waals surface area (Å²) in [7, 11) is 0.432. The number of halogens is 3. The first-order valence-electron chi connectivity index (χ1n) is 21.7. The molecule has 0 atom stereocenters. The highest BCUT2D eigenvalue weighted by molar-refractivity contribution is 9.09. The molecule has 0 saturated heterocycles. The zero-order valence-electron chi connectivity index (χ0n) is 37.8. The number of nitrogens with zero attached hydrogens (tertiary/aromatic N) is 2. The summed E-state index contributed by atoms with van der Waals surface area (Å²) in [6.45, 7) is 10.2. The predicted octanol–water partition coefficient (Wildman–Crippen LogP) is 9.89. The van der Waals surface area contributed by atoms with Crippen molar-refractivity contribution in [3.8, 4) is 17.2 Å². The van der Waals surface area contributed by atoms with Crippen molar-refractivity contribution in [3.05, 3.63) is 136 Å². The number of ether oxygens (including phenoxy) is 9. The van der Waals surface area contributed by atoms with Crippen LogP contribution < -0.4 is 14.2 Å². The van der Waals surface area contributed by atoms with Crippen LogP contribution in [-0.2, 0) is 28.4 Å². The minimum Gasteiger partial charge on any atom is -0.494 e. The Bertz CT molecular complexity index is 2170. The molecular weight excluding hydrogens is 901 g/mol. The van der Waals surface area contributed by atoms with Crippen LogP contribution in [0.25, 0.3) is 23.8 Å². The zero-order valence-corrected chi connectivity index (χ0v) is 39.4. The van der Waals surface area contributed by atoms with Gasteiger partial charge in [0.25, 0.3) is 0 Å². The third-order valence-electron chi connectivity index (χ3n) is 9.85. The van der Waals surface area contributed by atoms with Gasteiger partial charge in [-0.15, -0.1) is 0 Å². The summed E-state index contributed by atoms with van der Waals surface area (Å²) < 4.78 is 81.3. The van der Waals surface area contributed by atoms with Crippen LogP contribution >= 0.6 is 15.9 Å². The van der Waals surface area contributed by atoms with E-state index in [0.717, 1.165) is 44.2 Å². The van der Waals surface area contributed by atoms with E-state index in [2.05, 4.69) is 15.9 Å². The molecule has 1 aliphatic heterocycles. The van der Waals surface area contributed by atoms with E-state index in [1.54, 1.807) is 26.4 Å². The lowest BCUT2D eigenvalue weighted by Crippen LogP contribution is -2.18. The number of methoxy groups -OCH3 is 2. The van der Waals surface area contributed by atoms with Gasteiger partial charge in [-0.3, -0.25) is 8.63 Å². The van der Waals surface area contributed by atoms with E-state index in [1.165, 1.54) is 0 Å². The monoisotopic (exact) mass is 960 g/mol. The van der Waals surface area contributed by atoms with E-state index in [1.807, 2.05) is 111 Å². The van der Waals surface area contributed by atoms with Crippen LogP contribution in [0.2, 0.25) is 0 Å². The fraction of sp³-hybridized carbons (Fsp3) is 0.380. The number of aryl methyl sites for hydroxylation is 1. The quantitative estimate of drug-likeness (QED) is 0.0277. The summed E-state index contributed by atoms with van der Waals surface area (Å²) in [6.07, 6.45) is 10.2. The van der Waals surface area contributed by atoms with Crippen molar-refractivity contribution >= 4 is 52.8 Å². The molecule has 0 saturated carbocycles. The van der Waals surface area contributed by atoms with Crippen molar-refractivity contribution in [2.45, 2.75) is 20.3 Å². The molecule has 15 heteroatoms. The summed E-state index contributed by atoms with van der Waals surface area (Å²) in [4.78, 5) is 5.05. The van der Waals surface area contributed by atoms with Gasteiger partial charge in [0.2, 0.25) is 0 Å². The highest BCUT2D eigenvalue weighted by Crippen LogP contribution is 2.38. The highest BCUT2D eigenvalue weighted by atomic mass is 79.9. The third-order valence-corrected chi connectivity index (χ3v) is 10.4. The second kappa shape index (κ2) is 28.9. The maximum absolute atomic E-state index is 15.4. The van der Waals surface area contributed by atoms with Crippen molar-refractivity contribution in [3.63, 3.8) is 0 Å². The van der Waals surface area contributed by atoms with Crippen LogP contribution in [-0.4, -0.2) is 123 Å². The number of aliphatic imine (C=N–C) groups is 1. The van der Waals surface area contributed by atoms with Gasteiger partial charge in [-0.25, -0.2) is 4.99 Å². The molecule has 11 nitrogen and oxygen atoms in total. The second-order valence-electron chi connectivity index (χ2n) is 14.7. The molecule has 0 N–H and O–H groups in total. The summed E-state index contributed by atoms with van der Waals surface area (Å²) >= 11 is 3.44. The topological polar surface area (TPSA) is 100 Å². The van der Waals surface area contributed by atoms with E-state index in [0.29, 0.717) is 131 Å². The van der Waals surface area contributed by atoms with E-state index < -0.39 is 7.40 Å². The third kappa shape index (κ3) is 17.1. The van der Waals surface area contributed by atoms with E-state index in [4.69, 9.17) is 47.6 Å².